The average Bonchev–Trinajstić information content (AvgIpc) is 3.09. The maximum absolute atomic E-state index is 12.9. The van der Waals surface area contributed by atoms with Gasteiger partial charge < -0.3 is 9.47 Å². The third kappa shape index (κ3) is 5.80. The molecule has 0 atom stereocenters. The first-order chi connectivity index (χ1) is 15.3. The van der Waals surface area contributed by atoms with Gasteiger partial charge in [-0.25, -0.2) is 21.6 Å². The Morgan fingerprint density at radius 3 is 2.12 bits per heavy atom. The van der Waals surface area contributed by atoms with Gasteiger partial charge >= 0.3 is 0 Å². The van der Waals surface area contributed by atoms with Crippen molar-refractivity contribution in [1.82, 2.24) is 9.03 Å². The molecule has 0 aliphatic carbocycles. The van der Waals surface area contributed by atoms with Crippen molar-refractivity contribution < 1.29 is 26.3 Å². The second-order valence-electron chi connectivity index (χ2n) is 7.63. The van der Waals surface area contributed by atoms with Crippen molar-refractivity contribution in [1.29, 1.82) is 0 Å². The molecule has 0 aromatic heterocycles. The van der Waals surface area contributed by atoms with Gasteiger partial charge in [-0.3, -0.25) is 0 Å². The van der Waals surface area contributed by atoms with Gasteiger partial charge in [-0.05, 0) is 49.1 Å². The van der Waals surface area contributed by atoms with Crippen LogP contribution in [0.1, 0.15) is 31.2 Å². The Kier molecular flexibility index (Phi) is 8.16. The minimum Gasteiger partial charge on any atom is -0.497 e. The smallest absolute Gasteiger partial charge is 0.244 e. The van der Waals surface area contributed by atoms with Gasteiger partial charge in [-0.2, -0.15) is 4.31 Å². The fraction of sp³-hybridized carbons (Fsp3) is 0.455. The summed E-state index contributed by atoms with van der Waals surface area (Å²) in [6.07, 6.45) is 4.30. The maximum atomic E-state index is 12.9. The van der Waals surface area contributed by atoms with Crippen molar-refractivity contribution >= 4 is 20.0 Å². The largest absolute Gasteiger partial charge is 0.497 e. The van der Waals surface area contributed by atoms with Gasteiger partial charge in [0.25, 0.3) is 0 Å². The lowest BCUT2D eigenvalue weighted by Gasteiger charge is -2.20. The summed E-state index contributed by atoms with van der Waals surface area (Å²) in [7, 11) is -4.45. The van der Waals surface area contributed by atoms with Crippen molar-refractivity contribution in [3.05, 3.63) is 48.0 Å². The summed E-state index contributed by atoms with van der Waals surface area (Å²) < 4.78 is 65.6. The highest BCUT2D eigenvalue weighted by atomic mass is 32.2. The van der Waals surface area contributed by atoms with Crippen LogP contribution in [0.3, 0.4) is 0 Å². The van der Waals surface area contributed by atoms with E-state index in [2.05, 4.69) is 4.72 Å². The lowest BCUT2D eigenvalue weighted by atomic mass is 10.2. The molecule has 1 aliphatic rings. The first-order valence-corrected chi connectivity index (χ1v) is 13.5. The second kappa shape index (κ2) is 10.7. The van der Waals surface area contributed by atoms with Crippen LogP contribution in [-0.4, -0.2) is 55.0 Å². The molecule has 0 spiro atoms. The van der Waals surface area contributed by atoms with E-state index in [1.54, 1.807) is 34.6 Å². The average molecular weight is 483 g/mol. The minimum absolute atomic E-state index is 0.00163. The van der Waals surface area contributed by atoms with Gasteiger partial charge in [0.1, 0.15) is 16.4 Å². The molecule has 1 saturated heterocycles. The highest BCUT2D eigenvalue weighted by Crippen LogP contribution is 2.28. The minimum atomic E-state index is -3.81. The highest BCUT2D eigenvalue weighted by Gasteiger charge is 2.25. The van der Waals surface area contributed by atoms with E-state index in [4.69, 9.17) is 9.47 Å². The monoisotopic (exact) mass is 482 g/mol. The van der Waals surface area contributed by atoms with Crippen LogP contribution in [-0.2, 0) is 26.5 Å². The van der Waals surface area contributed by atoms with Gasteiger partial charge in [0, 0.05) is 25.7 Å². The van der Waals surface area contributed by atoms with Gasteiger partial charge in [0.05, 0.1) is 19.1 Å². The quantitative estimate of drug-likeness (QED) is 0.590. The number of ether oxygens (including phenoxy) is 2. The summed E-state index contributed by atoms with van der Waals surface area (Å²) in [5.74, 6) is 0.633. The van der Waals surface area contributed by atoms with Crippen LogP contribution in [0.2, 0.25) is 0 Å². The van der Waals surface area contributed by atoms with E-state index in [0.29, 0.717) is 25.3 Å². The van der Waals surface area contributed by atoms with Crippen LogP contribution in [0.4, 0.5) is 0 Å². The number of methoxy groups -OCH3 is 2. The van der Waals surface area contributed by atoms with E-state index in [1.165, 1.54) is 26.4 Å². The topological polar surface area (TPSA) is 102 Å². The Morgan fingerprint density at radius 2 is 1.53 bits per heavy atom. The Morgan fingerprint density at radius 1 is 0.875 bits per heavy atom. The number of rotatable bonds is 9. The SMILES string of the molecule is COc1ccc(OC)c(S(=O)(=O)NCCc2ccc(S(=O)(=O)N3CCCCCC3)cc2)c1. The van der Waals surface area contributed by atoms with Crippen LogP contribution in [0.25, 0.3) is 0 Å². The summed E-state index contributed by atoms with van der Waals surface area (Å²) in [5, 5.41) is 0. The van der Waals surface area contributed by atoms with E-state index in [0.717, 1.165) is 31.2 Å². The lowest BCUT2D eigenvalue weighted by Crippen LogP contribution is -2.31. The number of nitrogens with one attached hydrogen (secondary N) is 1. The lowest BCUT2D eigenvalue weighted by molar-refractivity contribution is 0.392. The van der Waals surface area contributed by atoms with Gasteiger partial charge in [-0.15, -0.1) is 0 Å². The standard InChI is InChI=1S/C22H30N2O6S2/c1-29-19-9-12-21(30-2)22(17-19)31(25,26)23-14-13-18-7-10-20(11-8-18)32(27,28)24-15-5-3-4-6-16-24/h7-12,17,23H,3-6,13-16H2,1-2H3. The number of nitrogens with zero attached hydrogens (tertiary/aromatic N) is 1. The van der Waals surface area contributed by atoms with Crippen LogP contribution in [0, 0.1) is 0 Å². The molecule has 2 aromatic carbocycles. The van der Waals surface area contributed by atoms with E-state index < -0.39 is 20.0 Å². The third-order valence-corrected chi connectivity index (χ3v) is 8.89. The molecule has 0 bridgehead atoms. The molecule has 1 N–H and O–H groups in total. The van der Waals surface area contributed by atoms with E-state index in [1.807, 2.05) is 0 Å². The Bertz CT molecular complexity index is 1110. The molecule has 2 aromatic rings. The maximum Gasteiger partial charge on any atom is 0.244 e. The fourth-order valence-corrected chi connectivity index (χ4v) is 6.39. The van der Waals surface area contributed by atoms with Crippen molar-refractivity contribution in [2.24, 2.45) is 0 Å². The molecule has 8 nitrogen and oxygen atoms in total. The Balaban J connectivity index is 1.64. The molecule has 0 unspecified atom stereocenters. The zero-order valence-electron chi connectivity index (χ0n) is 18.4. The van der Waals surface area contributed by atoms with Crippen LogP contribution in [0.5, 0.6) is 11.5 Å². The number of hydrogen-bond acceptors (Lipinski definition) is 6. The highest BCUT2D eigenvalue weighted by molar-refractivity contribution is 7.89. The van der Waals surface area contributed by atoms with Gasteiger partial charge in [-0.1, -0.05) is 25.0 Å². The van der Waals surface area contributed by atoms with Crippen molar-refractivity contribution in [3.8, 4) is 11.5 Å². The number of benzene rings is 2. The Labute approximate surface area is 190 Å². The predicted octanol–water partition coefficient (Wildman–Crippen LogP) is 2.79. The molecule has 3 rings (SSSR count). The number of sulfonamides is 2. The third-order valence-electron chi connectivity index (χ3n) is 5.49. The molecule has 176 valence electrons. The Hall–Kier alpha value is -2.14. The molecule has 1 fully saturated rings. The van der Waals surface area contributed by atoms with E-state index >= 15 is 0 Å². The summed E-state index contributed by atoms with van der Waals surface area (Å²) in [5.41, 5.74) is 0.833. The van der Waals surface area contributed by atoms with Crippen molar-refractivity contribution in [2.75, 3.05) is 33.9 Å². The first kappa shape index (κ1) is 24.5. The molecule has 10 heteroatoms. The summed E-state index contributed by atoms with van der Waals surface area (Å²) in [6, 6.07) is 11.2. The summed E-state index contributed by atoms with van der Waals surface area (Å²) in [4.78, 5) is 0.267. The summed E-state index contributed by atoms with van der Waals surface area (Å²) in [6.45, 7) is 1.26. The van der Waals surface area contributed by atoms with E-state index in [-0.39, 0.29) is 22.1 Å². The van der Waals surface area contributed by atoms with E-state index in [9.17, 15) is 16.8 Å². The first-order valence-electron chi connectivity index (χ1n) is 10.6. The molecule has 1 heterocycles. The fourth-order valence-electron chi connectivity index (χ4n) is 3.66. The van der Waals surface area contributed by atoms with Gasteiger partial charge in [0.15, 0.2) is 0 Å². The molecule has 0 saturated carbocycles. The van der Waals surface area contributed by atoms with Crippen molar-refractivity contribution in [3.63, 3.8) is 0 Å². The van der Waals surface area contributed by atoms with Crippen LogP contribution in [0.15, 0.2) is 52.3 Å². The normalized spacial score (nSPS) is 15.8. The molecule has 32 heavy (non-hydrogen) atoms. The van der Waals surface area contributed by atoms with Crippen LogP contribution < -0.4 is 14.2 Å². The number of hydrogen-bond donors (Lipinski definition) is 1. The second-order valence-corrected chi connectivity index (χ2v) is 11.3. The zero-order valence-corrected chi connectivity index (χ0v) is 20.0. The molecular formula is C22H30N2O6S2. The van der Waals surface area contributed by atoms with Crippen molar-refractivity contribution in [2.45, 2.75) is 41.9 Å². The van der Waals surface area contributed by atoms with Crippen LogP contribution >= 0.6 is 0 Å². The molecule has 0 amide bonds. The molecular weight excluding hydrogens is 452 g/mol. The molecule has 1 aliphatic heterocycles. The summed E-state index contributed by atoms with van der Waals surface area (Å²) >= 11 is 0. The van der Waals surface area contributed by atoms with Gasteiger partial charge in [0.2, 0.25) is 20.0 Å². The molecule has 0 radical (unpaired) electrons. The predicted molar refractivity (Wildman–Crippen MR) is 122 cm³/mol. The zero-order chi connectivity index (χ0) is 23.2.